The highest BCUT2D eigenvalue weighted by atomic mass is 16.3. The molecular formula is C45H66N8O13. The molecule has 21 nitrogen and oxygen atoms in total. The maximum absolute atomic E-state index is 14.1. The van der Waals surface area contributed by atoms with Gasteiger partial charge in [-0.1, -0.05) is 46.2 Å². The van der Waals surface area contributed by atoms with E-state index in [-0.39, 0.29) is 43.8 Å². The smallest absolute Gasteiger partial charge is 0.236 e. The first-order chi connectivity index (χ1) is 30.9. The lowest BCUT2D eigenvalue weighted by atomic mass is 9.86. The second kappa shape index (κ2) is 27.1. The number of aromatic hydroxyl groups is 1. The number of hydrogen-bond acceptors (Lipinski definition) is 13. The molecule has 0 saturated carbocycles. The summed E-state index contributed by atoms with van der Waals surface area (Å²) in [6.45, 7) is 5.30. The summed E-state index contributed by atoms with van der Waals surface area (Å²) in [5.41, 5.74) is 16.6. The third-order valence-electron chi connectivity index (χ3n) is 11.6. The lowest BCUT2D eigenvalue weighted by Gasteiger charge is -2.28. The van der Waals surface area contributed by atoms with Gasteiger partial charge in [-0.25, -0.2) is 0 Å². The Labute approximate surface area is 383 Å². The maximum Gasteiger partial charge on any atom is 0.236 e. The van der Waals surface area contributed by atoms with Crippen LogP contribution in [-0.4, -0.2) is 119 Å². The molecule has 1 saturated heterocycles. The summed E-state index contributed by atoms with van der Waals surface area (Å²) in [6, 6.07) is 3.07. The molecule has 1 aliphatic rings. The van der Waals surface area contributed by atoms with E-state index >= 15 is 0 Å². The summed E-state index contributed by atoms with van der Waals surface area (Å²) in [6.07, 6.45) is -3.72. The molecule has 1 fully saturated rings. The van der Waals surface area contributed by atoms with E-state index in [1.165, 1.54) is 19.2 Å². The minimum absolute atomic E-state index is 0.00737. The fraction of sp³-hybridized carbons (Fsp3) is 0.600. The van der Waals surface area contributed by atoms with Crippen LogP contribution < -0.4 is 38.5 Å². The number of phenolic OH excluding ortho intramolecular Hbond substituents is 1. The number of nitrogens with two attached hydrogens (primary N) is 3. The van der Waals surface area contributed by atoms with Gasteiger partial charge in [-0.15, -0.1) is 0 Å². The number of likely N-dealkylation sites (N-methyl/N-ethyl adjacent to an activating group) is 1. The van der Waals surface area contributed by atoms with Crippen molar-refractivity contribution in [1.82, 2.24) is 26.2 Å². The van der Waals surface area contributed by atoms with Crippen molar-refractivity contribution in [2.45, 2.75) is 110 Å². The maximum atomic E-state index is 14.1. The average Bonchev–Trinajstić information content (AvgIpc) is 3.24. The summed E-state index contributed by atoms with van der Waals surface area (Å²) >= 11 is 0. The summed E-state index contributed by atoms with van der Waals surface area (Å²) in [4.78, 5) is 159. The monoisotopic (exact) mass is 926 g/mol. The van der Waals surface area contributed by atoms with Gasteiger partial charge in [0.25, 0.3) is 0 Å². The van der Waals surface area contributed by atoms with Crippen LogP contribution >= 0.6 is 0 Å². The van der Waals surface area contributed by atoms with Crippen LogP contribution in [0.4, 0.5) is 0 Å². The topological polar surface area (TPSA) is 354 Å². The Morgan fingerprint density at radius 1 is 0.833 bits per heavy atom. The van der Waals surface area contributed by atoms with Gasteiger partial charge in [-0.05, 0) is 48.8 Å². The predicted molar refractivity (Wildman–Crippen MR) is 237 cm³/mol. The minimum Gasteiger partial charge on any atom is -0.508 e. The largest absolute Gasteiger partial charge is 0.508 e. The Morgan fingerprint density at radius 3 is 2.05 bits per heavy atom. The van der Waals surface area contributed by atoms with E-state index in [0.29, 0.717) is 12.0 Å². The predicted octanol–water partition coefficient (Wildman–Crippen LogP) is -0.981. The molecule has 66 heavy (non-hydrogen) atoms. The third kappa shape index (κ3) is 19.3. The standard InChI is InChI=1S/C45H66N8O13/c1-6-25(4)41-36(58)17-27(9-13-37(46)59)42(63)51-34(20-38(47)60)35(57)18-28(45(66)53(5)23-32(56)19-33(24(2)3)44(65)50-22-39(48)61)10-14-40(62)49-21-31(55)16-29(43(64)52-41)15-26-7-11-30(54)12-8-26/h7-8,11-12,24-25,27-29,33-34,41,54H,6,9-10,13-23H2,1-5H3,(H2,46,59)(H2,47,60)(H2,48,61)(H,49,62)(H,50,65)(H,51,63)(H,52,64)/t25-,27+,28+,29+,33-,34-,41-/m0/s1. The summed E-state index contributed by atoms with van der Waals surface area (Å²) in [7, 11) is 1.26. The van der Waals surface area contributed by atoms with Gasteiger partial charge in [-0.2, -0.15) is 0 Å². The van der Waals surface area contributed by atoms with Crippen molar-refractivity contribution < 1.29 is 62.6 Å². The van der Waals surface area contributed by atoms with Crippen LogP contribution in [0.1, 0.15) is 97.5 Å². The molecule has 21 heteroatoms. The number of benzene rings is 1. The molecule has 11 N–H and O–H groups in total. The van der Waals surface area contributed by atoms with Gasteiger partial charge >= 0.3 is 0 Å². The molecule has 7 atom stereocenters. The number of nitrogens with one attached hydrogen (secondary N) is 4. The third-order valence-corrected chi connectivity index (χ3v) is 11.6. The van der Waals surface area contributed by atoms with Crippen molar-refractivity contribution in [2.75, 3.05) is 26.7 Å². The van der Waals surface area contributed by atoms with Gasteiger partial charge in [0.1, 0.15) is 5.75 Å². The van der Waals surface area contributed by atoms with Crippen molar-refractivity contribution in [1.29, 1.82) is 0 Å². The van der Waals surface area contributed by atoms with Crippen LogP contribution in [0.5, 0.6) is 5.75 Å². The van der Waals surface area contributed by atoms with E-state index in [9.17, 15) is 62.6 Å². The molecular weight excluding hydrogens is 861 g/mol. The molecule has 8 amide bonds. The van der Waals surface area contributed by atoms with E-state index in [1.807, 2.05) is 0 Å². The number of primary amides is 3. The molecule has 1 aromatic carbocycles. The molecule has 1 aliphatic heterocycles. The molecule has 0 unspecified atom stereocenters. The molecule has 0 aromatic heterocycles. The number of rotatable bonds is 18. The Morgan fingerprint density at radius 2 is 1.47 bits per heavy atom. The zero-order valence-electron chi connectivity index (χ0n) is 38.4. The van der Waals surface area contributed by atoms with E-state index in [0.717, 1.165) is 4.90 Å². The number of ketones is 4. The molecule has 0 spiro atoms. The van der Waals surface area contributed by atoms with Crippen LogP contribution in [0.15, 0.2) is 24.3 Å². The quantitative estimate of drug-likeness (QED) is 0.0879. The average molecular weight is 927 g/mol. The van der Waals surface area contributed by atoms with Gasteiger partial charge in [0, 0.05) is 69.2 Å². The van der Waals surface area contributed by atoms with Gasteiger partial charge in [0.05, 0.1) is 38.1 Å². The molecule has 2 rings (SSSR count). The van der Waals surface area contributed by atoms with Gasteiger partial charge < -0.3 is 48.5 Å². The first-order valence-corrected chi connectivity index (χ1v) is 22.0. The number of amides is 8. The van der Waals surface area contributed by atoms with E-state index in [2.05, 4.69) is 21.3 Å². The van der Waals surface area contributed by atoms with Crippen molar-refractivity contribution in [3.63, 3.8) is 0 Å². The highest BCUT2D eigenvalue weighted by molar-refractivity contribution is 5.99. The van der Waals surface area contributed by atoms with E-state index < -0.39 is 164 Å². The number of carbonyl (C=O) groups excluding carboxylic acids is 12. The zero-order valence-corrected chi connectivity index (χ0v) is 38.4. The van der Waals surface area contributed by atoms with Crippen LogP contribution in [0, 0.1) is 35.5 Å². The lowest BCUT2D eigenvalue weighted by molar-refractivity contribution is -0.141. The van der Waals surface area contributed by atoms with Crippen molar-refractivity contribution in [3.8, 4) is 5.75 Å². The second-order valence-corrected chi connectivity index (χ2v) is 17.4. The van der Waals surface area contributed by atoms with Gasteiger partial charge in [0.15, 0.2) is 23.1 Å². The Hall–Kier alpha value is -6.54. The van der Waals surface area contributed by atoms with Crippen LogP contribution in [0.3, 0.4) is 0 Å². The number of carbonyl (C=O) groups is 12. The molecule has 364 valence electrons. The molecule has 0 radical (unpaired) electrons. The van der Waals surface area contributed by atoms with E-state index in [4.69, 9.17) is 17.2 Å². The normalized spacial score (nSPS) is 21.6. The second-order valence-electron chi connectivity index (χ2n) is 17.4. The van der Waals surface area contributed by atoms with Crippen molar-refractivity contribution >= 4 is 70.4 Å². The summed E-state index contributed by atoms with van der Waals surface area (Å²) in [5, 5.41) is 19.9. The number of hydrogen-bond donors (Lipinski definition) is 8. The van der Waals surface area contributed by atoms with Crippen LogP contribution in [-0.2, 0) is 64.0 Å². The molecule has 1 aromatic rings. The summed E-state index contributed by atoms with van der Waals surface area (Å²) in [5.74, 6) is -14.5. The Kier molecular flexibility index (Phi) is 22.8. The lowest BCUT2D eigenvalue weighted by Crippen LogP contribution is -2.50. The SMILES string of the molecule is CC[C@H](C)[C@@H]1NC(=O)[C@H](Cc2ccc(O)cc2)CC(=O)CNC(=O)CC[C@@H](C(=O)N(C)CC(=O)C[C@H](C(=O)NCC(N)=O)C(C)C)CC(=O)[C@H](CC(N)=O)NC(=O)[C@H](CCC(N)=O)CC1=O. The molecule has 1 heterocycles. The molecule has 0 aliphatic carbocycles. The Balaban J connectivity index is 2.59. The fourth-order valence-electron chi connectivity index (χ4n) is 7.51. The minimum atomic E-state index is -1.66. The van der Waals surface area contributed by atoms with E-state index in [1.54, 1.807) is 39.8 Å². The van der Waals surface area contributed by atoms with Crippen LogP contribution in [0.2, 0.25) is 0 Å². The highest BCUT2D eigenvalue weighted by Gasteiger charge is 2.36. The number of phenols is 1. The van der Waals surface area contributed by atoms with Gasteiger partial charge in [0.2, 0.25) is 47.3 Å². The first-order valence-electron chi connectivity index (χ1n) is 22.0. The first kappa shape index (κ1) is 55.6. The zero-order chi connectivity index (χ0) is 49.8. The number of nitrogens with zero attached hydrogens (tertiary/aromatic N) is 1. The Bertz CT molecular complexity index is 1970. The van der Waals surface area contributed by atoms with Crippen molar-refractivity contribution in [3.05, 3.63) is 29.8 Å². The highest BCUT2D eigenvalue weighted by Crippen LogP contribution is 2.23. The summed E-state index contributed by atoms with van der Waals surface area (Å²) < 4.78 is 0. The number of Topliss-reactive ketones (excluding diaryl/α,β-unsaturated/α-hetero) is 4. The fourth-order valence-corrected chi connectivity index (χ4v) is 7.51. The molecule has 0 bridgehead atoms. The van der Waals surface area contributed by atoms with Crippen LogP contribution in [0.25, 0.3) is 0 Å². The van der Waals surface area contributed by atoms with Gasteiger partial charge in [-0.3, -0.25) is 57.5 Å². The van der Waals surface area contributed by atoms with Crippen molar-refractivity contribution in [2.24, 2.45) is 52.7 Å².